The zero-order valence-electron chi connectivity index (χ0n) is 15.4. The number of hydrogen-bond donors (Lipinski definition) is 2. The molecular weight excluding hydrogens is 354 g/mol. The van der Waals surface area contributed by atoms with Crippen molar-refractivity contribution in [3.63, 3.8) is 0 Å². The number of hydrogen-bond acceptors (Lipinski definition) is 4. The van der Waals surface area contributed by atoms with Crippen LogP contribution in [0.2, 0.25) is 0 Å². The number of carbonyl (C=O) groups is 2. The van der Waals surface area contributed by atoms with Gasteiger partial charge >= 0.3 is 0 Å². The smallest absolute Gasteiger partial charge is 0.221 e. The van der Waals surface area contributed by atoms with Crippen LogP contribution < -0.4 is 10.6 Å². The molecule has 2 heterocycles. The summed E-state index contributed by atoms with van der Waals surface area (Å²) in [5, 5.41) is 6.50. The van der Waals surface area contributed by atoms with Crippen molar-refractivity contribution >= 4 is 45.4 Å². The number of nitrogens with zero attached hydrogens (tertiary/aromatic N) is 3. The molecule has 142 valence electrons. The van der Waals surface area contributed by atoms with Crippen molar-refractivity contribution in [2.45, 2.75) is 19.4 Å². The van der Waals surface area contributed by atoms with E-state index in [1.807, 2.05) is 48.5 Å². The first-order valence-corrected chi connectivity index (χ1v) is 9.35. The van der Waals surface area contributed by atoms with Crippen LogP contribution in [0.3, 0.4) is 0 Å². The van der Waals surface area contributed by atoms with E-state index in [0.717, 1.165) is 33.1 Å². The molecule has 0 aliphatic carbocycles. The van der Waals surface area contributed by atoms with E-state index in [4.69, 9.17) is 9.97 Å². The van der Waals surface area contributed by atoms with Crippen LogP contribution in [-0.2, 0) is 16.1 Å². The number of carbonyl (C=O) groups excluding carboxylic acids is 2. The minimum absolute atomic E-state index is 0.0224. The molecule has 28 heavy (non-hydrogen) atoms. The second kappa shape index (κ2) is 8.04. The summed E-state index contributed by atoms with van der Waals surface area (Å²) in [5.74, 6) is -0.0224. The zero-order chi connectivity index (χ0) is 19.3. The van der Waals surface area contributed by atoms with Crippen LogP contribution in [0.1, 0.15) is 12.8 Å². The second-order valence-corrected chi connectivity index (χ2v) is 6.58. The molecule has 7 heteroatoms. The lowest BCUT2D eigenvalue weighted by atomic mass is 10.2. The van der Waals surface area contributed by atoms with Crippen molar-refractivity contribution in [2.75, 3.05) is 13.1 Å². The molecule has 0 saturated carbocycles. The number of aryl methyl sites for hydroxylation is 1. The Bertz CT molecular complexity index is 1150. The lowest BCUT2D eigenvalue weighted by Crippen LogP contribution is -2.27. The fraction of sp³-hybridized carbons (Fsp3) is 0.238. The van der Waals surface area contributed by atoms with Crippen LogP contribution in [0.5, 0.6) is 0 Å². The summed E-state index contributed by atoms with van der Waals surface area (Å²) >= 11 is 0. The van der Waals surface area contributed by atoms with E-state index in [2.05, 4.69) is 15.2 Å². The van der Waals surface area contributed by atoms with E-state index < -0.39 is 0 Å². The summed E-state index contributed by atoms with van der Waals surface area (Å²) in [6, 6.07) is 15.9. The zero-order valence-corrected chi connectivity index (χ0v) is 15.4. The van der Waals surface area contributed by atoms with Gasteiger partial charge in [-0.25, -0.2) is 9.97 Å². The van der Waals surface area contributed by atoms with E-state index in [9.17, 15) is 9.59 Å². The number of fused-ring (bicyclic) bond motifs is 4. The Morgan fingerprint density at radius 3 is 2.57 bits per heavy atom. The van der Waals surface area contributed by atoms with Crippen molar-refractivity contribution in [1.29, 1.82) is 0 Å². The number of amides is 2. The monoisotopic (exact) mass is 375 g/mol. The normalized spacial score (nSPS) is 11.1. The first-order valence-electron chi connectivity index (χ1n) is 9.35. The van der Waals surface area contributed by atoms with Crippen LogP contribution in [-0.4, -0.2) is 39.9 Å². The maximum Gasteiger partial charge on any atom is 0.221 e. The molecule has 0 fully saturated rings. The van der Waals surface area contributed by atoms with Gasteiger partial charge in [0.15, 0.2) is 5.65 Å². The van der Waals surface area contributed by atoms with Gasteiger partial charge in [-0.15, -0.1) is 0 Å². The molecule has 0 atom stereocenters. The Labute approximate surface area is 161 Å². The number of benzene rings is 2. The van der Waals surface area contributed by atoms with Crippen molar-refractivity contribution in [2.24, 2.45) is 0 Å². The van der Waals surface area contributed by atoms with Crippen LogP contribution in [0.25, 0.3) is 33.1 Å². The summed E-state index contributed by atoms with van der Waals surface area (Å²) in [7, 11) is 0. The molecule has 0 bridgehead atoms. The minimum Gasteiger partial charge on any atom is -0.359 e. The summed E-state index contributed by atoms with van der Waals surface area (Å²) in [6.07, 6.45) is 1.72. The topological polar surface area (TPSA) is 88.9 Å². The lowest BCUT2D eigenvalue weighted by molar-refractivity contribution is -0.121. The predicted octanol–water partition coefficient (Wildman–Crippen LogP) is 2.38. The molecule has 0 saturated heterocycles. The molecule has 7 nitrogen and oxygen atoms in total. The van der Waals surface area contributed by atoms with Gasteiger partial charge in [-0.1, -0.05) is 30.3 Å². The highest BCUT2D eigenvalue weighted by Gasteiger charge is 2.14. The molecule has 2 aromatic carbocycles. The fourth-order valence-electron chi connectivity index (χ4n) is 3.39. The molecular formula is C21H21N5O2. The van der Waals surface area contributed by atoms with Crippen LogP contribution in [0, 0.1) is 0 Å². The average Bonchev–Trinajstić information content (AvgIpc) is 3.03. The molecule has 2 aromatic heterocycles. The van der Waals surface area contributed by atoms with Crippen molar-refractivity contribution in [1.82, 2.24) is 25.2 Å². The number of nitrogens with one attached hydrogen (secondary N) is 2. The van der Waals surface area contributed by atoms with Crippen LogP contribution >= 0.6 is 0 Å². The molecule has 0 radical (unpaired) electrons. The summed E-state index contributed by atoms with van der Waals surface area (Å²) in [6.45, 7) is 1.62. The fourth-order valence-corrected chi connectivity index (χ4v) is 3.39. The quantitative estimate of drug-likeness (QED) is 0.366. The van der Waals surface area contributed by atoms with Gasteiger partial charge in [-0.2, -0.15) is 0 Å². The van der Waals surface area contributed by atoms with Gasteiger partial charge in [0.05, 0.1) is 16.6 Å². The largest absolute Gasteiger partial charge is 0.359 e. The molecule has 2 N–H and O–H groups in total. The van der Waals surface area contributed by atoms with Crippen molar-refractivity contribution < 1.29 is 9.59 Å². The second-order valence-electron chi connectivity index (χ2n) is 6.58. The van der Waals surface area contributed by atoms with Gasteiger partial charge in [0.25, 0.3) is 0 Å². The Balaban J connectivity index is 1.59. The Hall–Kier alpha value is -3.48. The first-order chi connectivity index (χ1) is 13.8. The Morgan fingerprint density at radius 1 is 1.00 bits per heavy atom. The van der Waals surface area contributed by atoms with Crippen LogP contribution in [0.15, 0.2) is 48.5 Å². The van der Waals surface area contributed by atoms with E-state index in [0.29, 0.717) is 38.9 Å². The van der Waals surface area contributed by atoms with E-state index in [1.165, 1.54) is 0 Å². The molecule has 4 rings (SSSR count). The number of rotatable bonds is 8. The predicted molar refractivity (Wildman–Crippen MR) is 109 cm³/mol. The molecule has 2 amide bonds. The average molecular weight is 375 g/mol. The highest BCUT2D eigenvalue weighted by atomic mass is 16.1. The first kappa shape index (κ1) is 17.9. The maximum atomic E-state index is 12.2. The SMILES string of the molecule is O=CNCCCNC(=O)CCn1c2ccccc2c2nc3ccccc3nc21. The lowest BCUT2D eigenvalue weighted by Gasteiger charge is -2.08. The standard InChI is InChI=1S/C21H21N5O2/c27-14-22-11-5-12-23-19(28)10-13-26-18-9-4-1-6-15(18)20-21(26)25-17-8-3-2-7-16(17)24-20/h1-4,6-9,14H,5,10-13H2,(H,22,27)(H,23,28). The molecule has 0 aliphatic heterocycles. The van der Waals surface area contributed by atoms with Crippen molar-refractivity contribution in [3.05, 3.63) is 48.5 Å². The summed E-state index contributed by atoms with van der Waals surface area (Å²) in [4.78, 5) is 32.1. The van der Waals surface area contributed by atoms with Crippen molar-refractivity contribution in [3.8, 4) is 0 Å². The van der Waals surface area contributed by atoms with E-state index >= 15 is 0 Å². The Kier molecular flexibility index (Phi) is 5.14. The highest BCUT2D eigenvalue weighted by Crippen LogP contribution is 2.28. The van der Waals surface area contributed by atoms with Gasteiger partial charge in [0.1, 0.15) is 5.52 Å². The third kappa shape index (κ3) is 3.51. The van der Waals surface area contributed by atoms with E-state index in [-0.39, 0.29) is 5.91 Å². The maximum absolute atomic E-state index is 12.2. The molecule has 0 spiro atoms. The molecule has 4 aromatic rings. The minimum atomic E-state index is -0.0224. The number of aromatic nitrogens is 3. The molecule has 0 aliphatic rings. The van der Waals surface area contributed by atoms with Gasteiger partial charge < -0.3 is 15.2 Å². The van der Waals surface area contributed by atoms with Gasteiger partial charge in [0.2, 0.25) is 12.3 Å². The van der Waals surface area contributed by atoms with Gasteiger partial charge in [-0.05, 0) is 24.6 Å². The number of para-hydroxylation sites is 3. The van der Waals surface area contributed by atoms with Crippen LogP contribution in [0.4, 0.5) is 0 Å². The third-order valence-electron chi connectivity index (χ3n) is 4.72. The third-order valence-corrected chi connectivity index (χ3v) is 4.72. The van der Waals surface area contributed by atoms with Gasteiger partial charge in [-0.3, -0.25) is 9.59 Å². The summed E-state index contributed by atoms with van der Waals surface area (Å²) < 4.78 is 2.07. The highest BCUT2D eigenvalue weighted by molar-refractivity contribution is 6.06. The Morgan fingerprint density at radius 2 is 1.75 bits per heavy atom. The van der Waals surface area contributed by atoms with Gasteiger partial charge in [0, 0.05) is 31.4 Å². The van der Waals surface area contributed by atoms with E-state index in [1.54, 1.807) is 0 Å². The summed E-state index contributed by atoms with van der Waals surface area (Å²) in [5.41, 5.74) is 4.37. The molecule has 0 unspecified atom stereocenters.